The molecule has 2 aromatic rings. The zero-order valence-corrected chi connectivity index (χ0v) is 16.4. The van der Waals surface area contributed by atoms with Crippen molar-refractivity contribution in [2.75, 3.05) is 33.4 Å². The molecule has 2 amide bonds. The summed E-state index contributed by atoms with van der Waals surface area (Å²) < 4.78 is 21.2. The third-order valence-electron chi connectivity index (χ3n) is 4.20. The highest BCUT2D eigenvalue weighted by atomic mass is 16.6. The number of carbonyl (C=O) groups excluding carboxylic acids is 3. The molecule has 0 radical (unpaired) electrons. The third kappa shape index (κ3) is 5.87. The molecule has 0 fully saturated rings. The van der Waals surface area contributed by atoms with Gasteiger partial charge in [0.1, 0.15) is 25.0 Å². The van der Waals surface area contributed by atoms with Gasteiger partial charge in [-0.25, -0.2) is 0 Å². The number of fused-ring (bicyclic) bond motifs is 1. The maximum Gasteiger partial charge on any atom is 0.325 e. The minimum atomic E-state index is -0.724. The van der Waals surface area contributed by atoms with Crippen LogP contribution in [0.3, 0.4) is 0 Å². The highest BCUT2D eigenvalue weighted by Gasteiger charge is 2.21. The number of carbonyl (C=O) groups is 3. The summed E-state index contributed by atoms with van der Waals surface area (Å²) in [6.07, 6.45) is -0.344. The van der Waals surface area contributed by atoms with Crippen LogP contribution in [0.1, 0.15) is 10.4 Å². The SMILES string of the molecule is COc1ccc(C(=O)NCC(=O)OCC(=O)NC[C@@H]2COc3ccccc3O2)cc1. The Kier molecular flexibility index (Phi) is 7.09. The molecule has 1 aliphatic heterocycles. The molecule has 1 aliphatic rings. The van der Waals surface area contributed by atoms with E-state index in [0.717, 1.165) is 0 Å². The number of para-hydroxylation sites is 2. The molecule has 2 aromatic carbocycles. The number of ether oxygens (including phenoxy) is 4. The summed E-state index contributed by atoms with van der Waals surface area (Å²) in [6, 6.07) is 13.7. The van der Waals surface area contributed by atoms with Crippen LogP contribution in [0.4, 0.5) is 0 Å². The highest BCUT2D eigenvalue weighted by molar-refractivity contribution is 5.96. The van der Waals surface area contributed by atoms with Gasteiger partial charge in [0, 0.05) is 5.56 Å². The molecule has 9 heteroatoms. The Labute approximate surface area is 173 Å². The first kappa shape index (κ1) is 21.0. The predicted molar refractivity (Wildman–Crippen MR) is 106 cm³/mol. The fourth-order valence-corrected chi connectivity index (χ4v) is 2.64. The van der Waals surface area contributed by atoms with E-state index >= 15 is 0 Å². The molecule has 0 aromatic heterocycles. The van der Waals surface area contributed by atoms with Gasteiger partial charge in [-0.1, -0.05) is 12.1 Å². The summed E-state index contributed by atoms with van der Waals surface area (Å²) in [5, 5.41) is 5.05. The van der Waals surface area contributed by atoms with Gasteiger partial charge in [-0.05, 0) is 36.4 Å². The molecule has 1 atom stereocenters. The average Bonchev–Trinajstić information content (AvgIpc) is 2.79. The molecule has 0 spiro atoms. The molecular formula is C21H22N2O7. The summed E-state index contributed by atoms with van der Waals surface area (Å²) in [4.78, 5) is 35.6. The number of hydrogen-bond donors (Lipinski definition) is 2. The Morgan fingerprint density at radius 3 is 2.50 bits per heavy atom. The summed E-state index contributed by atoms with van der Waals surface area (Å²) >= 11 is 0. The first-order valence-corrected chi connectivity index (χ1v) is 9.28. The van der Waals surface area contributed by atoms with Crippen LogP contribution in [0.25, 0.3) is 0 Å². The van der Waals surface area contributed by atoms with E-state index in [0.29, 0.717) is 29.4 Å². The van der Waals surface area contributed by atoms with Gasteiger partial charge in [-0.2, -0.15) is 0 Å². The molecule has 0 aliphatic carbocycles. The lowest BCUT2D eigenvalue weighted by atomic mass is 10.2. The van der Waals surface area contributed by atoms with Crippen LogP contribution in [0, 0.1) is 0 Å². The van der Waals surface area contributed by atoms with Crippen molar-refractivity contribution < 1.29 is 33.3 Å². The average molecular weight is 414 g/mol. The second-order valence-electron chi connectivity index (χ2n) is 6.37. The number of amides is 2. The molecule has 2 N–H and O–H groups in total. The normalized spacial score (nSPS) is 14.4. The largest absolute Gasteiger partial charge is 0.497 e. The highest BCUT2D eigenvalue weighted by Crippen LogP contribution is 2.30. The summed E-state index contributed by atoms with van der Waals surface area (Å²) in [6.45, 7) is -0.302. The fraction of sp³-hybridized carbons (Fsp3) is 0.286. The smallest absolute Gasteiger partial charge is 0.325 e. The van der Waals surface area contributed by atoms with Gasteiger partial charge in [0.25, 0.3) is 11.8 Å². The Bertz CT molecular complexity index is 898. The maximum absolute atomic E-state index is 12.0. The van der Waals surface area contributed by atoms with E-state index in [1.165, 1.54) is 7.11 Å². The maximum atomic E-state index is 12.0. The number of benzene rings is 2. The van der Waals surface area contributed by atoms with Gasteiger partial charge < -0.3 is 29.6 Å². The molecule has 1 heterocycles. The number of nitrogens with one attached hydrogen (secondary N) is 2. The minimum absolute atomic E-state index is 0.207. The molecule has 0 saturated heterocycles. The number of esters is 1. The minimum Gasteiger partial charge on any atom is -0.497 e. The van der Waals surface area contributed by atoms with E-state index in [9.17, 15) is 14.4 Å². The van der Waals surface area contributed by atoms with Crippen LogP contribution in [0.15, 0.2) is 48.5 Å². The number of methoxy groups -OCH3 is 1. The van der Waals surface area contributed by atoms with Crippen molar-refractivity contribution in [3.63, 3.8) is 0 Å². The van der Waals surface area contributed by atoms with E-state index in [1.54, 1.807) is 36.4 Å². The van der Waals surface area contributed by atoms with Crippen molar-refractivity contribution in [1.29, 1.82) is 0 Å². The van der Waals surface area contributed by atoms with Crippen LogP contribution in [0.2, 0.25) is 0 Å². The van der Waals surface area contributed by atoms with Crippen LogP contribution in [-0.2, 0) is 14.3 Å². The first-order valence-electron chi connectivity index (χ1n) is 9.28. The van der Waals surface area contributed by atoms with Crippen molar-refractivity contribution in [3.05, 3.63) is 54.1 Å². The molecule has 0 unspecified atom stereocenters. The van der Waals surface area contributed by atoms with Gasteiger partial charge in [0.15, 0.2) is 18.1 Å². The van der Waals surface area contributed by atoms with Gasteiger partial charge in [-0.15, -0.1) is 0 Å². The summed E-state index contributed by atoms with van der Waals surface area (Å²) in [5.74, 6) is 0.248. The molecule has 9 nitrogen and oxygen atoms in total. The molecular weight excluding hydrogens is 392 g/mol. The van der Waals surface area contributed by atoms with Gasteiger partial charge in [-0.3, -0.25) is 14.4 Å². The van der Waals surface area contributed by atoms with Crippen LogP contribution in [-0.4, -0.2) is 57.3 Å². The zero-order valence-electron chi connectivity index (χ0n) is 16.4. The number of rotatable bonds is 8. The van der Waals surface area contributed by atoms with E-state index in [-0.39, 0.29) is 19.2 Å². The van der Waals surface area contributed by atoms with E-state index in [1.807, 2.05) is 12.1 Å². The Morgan fingerprint density at radius 1 is 1.03 bits per heavy atom. The topological polar surface area (TPSA) is 112 Å². The molecule has 3 rings (SSSR count). The standard InChI is InChI=1S/C21H22N2O7/c1-27-15-8-6-14(7-9-15)21(26)23-11-20(25)29-13-19(24)22-10-16-12-28-17-4-2-3-5-18(17)30-16/h2-9,16H,10-13H2,1H3,(H,22,24)(H,23,26)/t16-/m1/s1. The molecule has 0 saturated carbocycles. The van der Waals surface area contributed by atoms with E-state index < -0.39 is 24.4 Å². The first-order chi connectivity index (χ1) is 14.5. The van der Waals surface area contributed by atoms with Crippen LogP contribution < -0.4 is 24.8 Å². The van der Waals surface area contributed by atoms with Gasteiger partial charge >= 0.3 is 5.97 Å². The predicted octanol–water partition coefficient (Wildman–Crippen LogP) is 0.924. The van der Waals surface area contributed by atoms with Gasteiger partial charge in [0.2, 0.25) is 0 Å². The zero-order chi connectivity index (χ0) is 21.3. The van der Waals surface area contributed by atoms with Crippen LogP contribution in [0.5, 0.6) is 17.2 Å². The lowest BCUT2D eigenvalue weighted by molar-refractivity contribution is -0.147. The lowest BCUT2D eigenvalue weighted by Gasteiger charge is -2.26. The third-order valence-corrected chi connectivity index (χ3v) is 4.20. The molecule has 0 bridgehead atoms. The second-order valence-corrected chi connectivity index (χ2v) is 6.37. The second kappa shape index (κ2) is 10.1. The quantitative estimate of drug-likeness (QED) is 0.618. The van der Waals surface area contributed by atoms with Crippen molar-refractivity contribution in [2.45, 2.75) is 6.10 Å². The summed E-state index contributed by atoms with van der Waals surface area (Å²) in [5.41, 5.74) is 0.373. The monoisotopic (exact) mass is 414 g/mol. The Balaban J connectivity index is 1.32. The number of hydrogen-bond acceptors (Lipinski definition) is 7. The fourth-order valence-electron chi connectivity index (χ4n) is 2.64. The van der Waals surface area contributed by atoms with Crippen molar-refractivity contribution in [1.82, 2.24) is 10.6 Å². The molecule has 158 valence electrons. The van der Waals surface area contributed by atoms with Crippen molar-refractivity contribution in [2.24, 2.45) is 0 Å². The molecule has 30 heavy (non-hydrogen) atoms. The van der Waals surface area contributed by atoms with E-state index in [2.05, 4.69) is 10.6 Å². The van der Waals surface area contributed by atoms with Crippen LogP contribution >= 0.6 is 0 Å². The Hall–Kier alpha value is -3.75. The lowest BCUT2D eigenvalue weighted by Crippen LogP contribution is -2.42. The van der Waals surface area contributed by atoms with Crippen molar-refractivity contribution >= 4 is 17.8 Å². The van der Waals surface area contributed by atoms with Gasteiger partial charge in [0.05, 0.1) is 13.7 Å². The van der Waals surface area contributed by atoms with E-state index in [4.69, 9.17) is 18.9 Å². The Morgan fingerprint density at radius 2 is 1.77 bits per heavy atom. The summed E-state index contributed by atoms with van der Waals surface area (Å²) in [7, 11) is 1.52. The van der Waals surface area contributed by atoms with Crippen molar-refractivity contribution in [3.8, 4) is 17.2 Å².